The van der Waals surface area contributed by atoms with Crippen molar-refractivity contribution in [1.82, 2.24) is 24.5 Å². The van der Waals surface area contributed by atoms with Crippen molar-refractivity contribution in [2.24, 2.45) is 0 Å². The summed E-state index contributed by atoms with van der Waals surface area (Å²) in [6, 6.07) is 4.69. The summed E-state index contributed by atoms with van der Waals surface area (Å²) in [5.41, 5.74) is 0.698. The highest BCUT2D eigenvalue weighted by atomic mass is 19.1. The van der Waals surface area contributed by atoms with E-state index in [0.29, 0.717) is 35.8 Å². The number of amides is 1. The molecular weight excluding hydrogens is 417 g/mol. The first-order chi connectivity index (χ1) is 15.5. The van der Waals surface area contributed by atoms with Crippen LogP contribution in [0.25, 0.3) is 5.65 Å². The van der Waals surface area contributed by atoms with E-state index >= 15 is 0 Å². The van der Waals surface area contributed by atoms with Gasteiger partial charge in [0.1, 0.15) is 29.1 Å². The molecule has 32 heavy (non-hydrogen) atoms. The Labute approximate surface area is 182 Å². The van der Waals surface area contributed by atoms with Crippen LogP contribution in [0.3, 0.4) is 0 Å². The SMILES string of the molecule is CNc1cc(Nc2cccn([C@@H]3C[C@H]3OC)c2=O)nc2c(C(=O)N[C@H]3CC[C@@H]3F)cnn12. The summed E-state index contributed by atoms with van der Waals surface area (Å²) in [5, 5.41) is 13.0. The number of hydrogen-bond acceptors (Lipinski definition) is 7. The molecule has 5 rings (SSSR count). The molecule has 0 aliphatic heterocycles. The Bertz CT molecular complexity index is 1240. The third-order valence-electron chi connectivity index (χ3n) is 6.08. The minimum absolute atomic E-state index is 0.0218. The monoisotopic (exact) mass is 441 g/mol. The van der Waals surface area contributed by atoms with Crippen molar-refractivity contribution < 1.29 is 13.9 Å². The number of methoxy groups -OCH3 is 1. The second-order valence-corrected chi connectivity index (χ2v) is 8.08. The number of nitrogens with zero attached hydrogens (tertiary/aromatic N) is 4. The smallest absolute Gasteiger partial charge is 0.274 e. The number of fused-ring (bicyclic) bond motifs is 1. The van der Waals surface area contributed by atoms with Crippen LogP contribution >= 0.6 is 0 Å². The van der Waals surface area contributed by atoms with Crippen LogP contribution in [0.2, 0.25) is 0 Å². The van der Waals surface area contributed by atoms with Gasteiger partial charge in [0, 0.05) is 26.4 Å². The van der Waals surface area contributed by atoms with Crippen LogP contribution in [0.1, 0.15) is 35.7 Å². The van der Waals surface area contributed by atoms with Crippen LogP contribution in [0.5, 0.6) is 0 Å². The zero-order valence-electron chi connectivity index (χ0n) is 17.7. The molecule has 2 aliphatic rings. The standard InChI is InChI=1S/C21H24FN7O3/c1-23-18-9-17(25-14-4-3-7-28(21(14)31)15-8-16(15)32-2)27-19-11(10-24-29(18)19)20(30)26-13-6-5-12(13)22/h3-4,7,9-10,12-13,15-16,23H,5-6,8H2,1-2H3,(H,25,27)(H,26,30)/t12-,13-,15+,16+/m0/s1. The van der Waals surface area contributed by atoms with E-state index in [9.17, 15) is 14.0 Å². The average molecular weight is 441 g/mol. The number of carbonyl (C=O) groups excluding carboxylic acids is 1. The van der Waals surface area contributed by atoms with E-state index in [2.05, 4.69) is 26.0 Å². The number of ether oxygens (including phenoxy) is 1. The molecule has 0 spiro atoms. The maximum absolute atomic E-state index is 13.6. The molecule has 3 heterocycles. The van der Waals surface area contributed by atoms with Crippen LogP contribution < -0.4 is 21.5 Å². The molecule has 10 nitrogen and oxygen atoms in total. The zero-order valence-corrected chi connectivity index (χ0v) is 17.7. The van der Waals surface area contributed by atoms with Crippen molar-refractivity contribution in [3.63, 3.8) is 0 Å². The number of pyridine rings is 1. The van der Waals surface area contributed by atoms with Crippen LogP contribution in [-0.2, 0) is 4.74 Å². The van der Waals surface area contributed by atoms with Gasteiger partial charge < -0.3 is 25.3 Å². The van der Waals surface area contributed by atoms with Crippen molar-refractivity contribution in [2.45, 2.75) is 43.6 Å². The molecule has 11 heteroatoms. The molecule has 2 fully saturated rings. The number of halogens is 1. The quantitative estimate of drug-likeness (QED) is 0.513. The molecule has 2 aliphatic carbocycles. The van der Waals surface area contributed by atoms with Crippen LogP contribution in [0.15, 0.2) is 35.4 Å². The Kier molecular flexibility index (Phi) is 5.04. The summed E-state index contributed by atoms with van der Waals surface area (Å²) in [6.07, 6.45) is 4.02. The third kappa shape index (κ3) is 3.48. The summed E-state index contributed by atoms with van der Waals surface area (Å²) < 4.78 is 22.1. The highest BCUT2D eigenvalue weighted by Gasteiger charge is 2.39. The number of aromatic nitrogens is 4. The van der Waals surface area contributed by atoms with Crippen LogP contribution in [0, 0.1) is 0 Å². The van der Waals surface area contributed by atoms with Crippen LogP contribution in [0.4, 0.5) is 21.7 Å². The first kappa shape index (κ1) is 20.4. The van der Waals surface area contributed by atoms with Gasteiger partial charge in [-0.15, -0.1) is 0 Å². The summed E-state index contributed by atoms with van der Waals surface area (Å²) in [7, 11) is 3.35. The van der Waals surface area contributed by atoms with Gasteiger partial charge in [-0.05, 0) is 31.4 Å². The molecule has 168 valence electrons. The fourth-order valence-corrected chi connectivity index (χ4v) is 3.94. The van der Waals surface area contributed by atoms with Gasteiger partial charge in [0.2, 0.25) is 0 Å². The summed E-state index contributed by atoms with van der Waals surface area (Å²) >= 11 is 0. The van der Waals surface area contributed by atoms with E-state index in [1.54, 1.807) is 43.1 Å². The number of rotatable bonds is 7. The molecule has 4 atom stereocenters. The molecule has 0 aromatic carbocycles. The predicted octanol–water partition coefficient (Wildman–Crippen LogP) is 1.87. The largest absolute Gasteiger partial charge is 0.379 e. The number of nitrogens with one attached hydrogen (secondary N) is 3. The molecule has 1 amide bonds. The van der Waals surface area contributed by atoms with E-state index in [4.69, 9.17) is 4.74 Å². The summed E-state index contributed by atoms with van der Waals surface area (Å²) in [5.74, 6) is 0.513. The summed E-state index contributed by atoms with van der Waals surface area (Å²) in [6.45, 7) is 0. The first-order valence-electron chi connectivity index (χ1n) is 10.5. The lowest BCUT2D eigenvalue weighted by Gasteiger charge is -2.30. The maximum atomic E-state index is 13.6. The minimum atomic E-state index is -1.02. The third-order valence-corrected chi connectivity index (χ3v) is 6.08. The normalized spacial score (nSPS) is 24.1. The lowest BCUT2D eigenvalue weighted by Crippen LogP contribution is -2.48. The predicted molar refractivity (Wildman–Crippen MR) is 116 cm³/mol. The van der Waals surface area contributed by atoms with Gasteiger partial charge in [-0.25, -0.2) is 9.37 Å². The Morgan fingerprint density at radius 3 is 2.84 bits per heavy atom. The van der Waals surface area contributed by atoms with Crippen molar-refractivity contribution in [2.75, 3.05) is 24.8 Å². The fraction of sp³-hybridized carbons (Fsp3) is 0.429. The number of alkyl halides is 1. The van der Waals surface area contributed by atoms with Gasteiger partial charge in [0.05, 0.1) is 24.4 Å². The summed E-state index contributed by atoms with van der Waals surface area (Å²) in [4.78, 5) is 30.2. The van der Waals surface area contributed by atoms with Crippen molar-refractivity contribution >= 4 is 28.9 Å². The second-order valence-electron chi connectivity index (χ2n) is 8.08. The lowest BCUT2D eigenvalue weighted by molar-refractivity contribution is 0.0826. The van der Waals surface area contributed by atoms with Crippen molar-refractivity contribution in [3.05, 3.63) is 46.5 Å². The van der Waals surface area contributed by atoms with Gasteiger partial charge in [-0.1, -0.05) is 0 Å². The number of hydrogen-bond donors (Lipinski definition) is 3. The molecule has 0 radical (unpaired) electrons. The number of anilines is 3. The molecule has 3 aromatic rings. The fourth-order valence-electron chi connectivity index (χ4n) is 3.94. The van der Waals surface area contributed by atoms with Gasteiger partial charge in [0.15, 0.2) is 5.65 Å². The molecule has 0 bridgehead atoms. The average Bonchev–Trinajstić information content (AvgIpc) is 3.46. The van der Waals surface area contributed by atoms with Crippen LogP contribution in [-0.4, -0.2) is 57.5 Å². The highest BCUT2D eigenvalue weighted by Crippen LogP contribution is 2.37. The van der Waals surface area contributed by atoms with E-state index in [1.165, 1.54) is 10.7 Å². The van der Waals surface area contributed by atoms with Gasteiger partial charge >= 0.3 is 0 Å². The molecule has 0 unspecified atom stereocenters. The Balaban J connectivity index is 1.46. The van der Waals surface area contributed by atoms with Gasteiger partial charge in [0.25, 0.3) is 11.5 Å². The number of carbonyl (C=O) groups is 1. The molecule has 0 saturated heterocycles. The lowest BCUT2D eigenvalue weighted by atomic mass is 9.90. The van der Waals surface area contributed by atoms with Crippen molar-refractivity contribution in [3.8, 4) is 0 Å². The Hall–Kier alpha value is -3.47. The zero-order chi connectivity index (χ0) is 22.4. The second kappa shape index (κ2) is 7.90. The van der Waals surface area contributed by atoms with E-state index in [0.717, 1.165) is 6.42 Å². The maximum Gasteiger partial charge on any atom is 0.274 e. The molecular formula is C21H24FN7O3. The minimum Gasteiger partial charge on any atom is -0.379 e. The van der Waals surface area contributed by atoms with Gasteiger partial charge in [-0.3, -0.25) is 9.59 Å². The first-order valence-corrected chi connectivity index (χ1v) is 10.5. The van der Waals surface area contributed by atoms with E-state index in [-0.39, 0.29) is 23.3 Å². The highest BCUT2D eigenvalue weighted by molar-refractivity contribution is 6.00. The molecule has 3 aromatic heterocycles. The topological polar surface area (TPSA) is 115 Å². The Morgan fingerprint density at radius 1 is 1.34 bits per heavy atom. The molecule has 3 N–H and O–H groups in total. The van der Waals surface area contributed by atoms with E-state index < -0.39 is 18.1 Å². The molecule has 2 saturated carbocycles. The van der Waals surface area contributed by atoms with E-state index in [1.807, 2.05) is 0 Å². The van der Waals surface area contributed by atoms with Gasteiger partial charge in [-0.2, -0.15) is 9.61 Å². The Morgan fingerprint density at radius 2 is 2.19 bits per heavy atom. The van der Waals surface area contributed by atoms with Crippen molar-refractivity contribution in [1.29, 1.82) is 0 Å².